The summed E-state index contributed by atoms with van der Waals surface area (Å²) in [6.07, 6.45) is 9.62. The molecule has 104 valence electrons. The third kappa shape index (κ3) is 3.56. The average Bonchev–Trinajstić information content (AvgIpc) is 3.27. The van der Waals surface area contributed by atoms with Crippen LogP contribution in [0.15, 0.2) is 24.3 Å². The summed E-state index contributed by atoms with van der Waals surface area (Å²) >= 11 is 0. The summed E-state index contributed by atoms with van der Waals surface area (Å²) in [5, 5.41) is 3.76. The van der Waals surface area contributed by atoms with Crippen molar-refractivity contribution in [1.29, 1.82) is 0 Å². The fourth-order valence-corrected chi connectivity index (χ4v) is 3.34. The maximum absolute atomic E-state index is 13.0. The molecule has 0 radical (unpaired) electrons. The Bertz CT molecular complexity index is 390. The van der Waals surface area contributed by atoms with Gasteiger partial charge in [0.25, 0.3) is 0 Å². The standard InChI is InChI=1S/C17H24FN/c18-16-10-8-15(9-11-16)17(14-6-7-14)19-12-13-4-2-1-3-5-13/h8-11,13-14,17,19H,1-7,12H2. The lowest BCUT2D eigenvalue weighted by molar-refractivity contribution is 0.320. The van der Waals surface area contributed by atoms with E-state index in [0.717, 1.165) is 18.4 Å². The van der Waals surface area contributed by atoms with Gasteiger partial charge in [-0.25, -0.2) is 4.39 Å². The predicted molar refractivity (Wildman–Crippen MR) is 76.4 cm³/mol. The van der Waals surface area contributed by atoms with Crippen LogP contribution in [-0.2, 0) is 0 Å². The minimum Gasteiger partial charge on any atom is -0.309 e. The molecule has 2 aliphatic carbocycles. The Hall–Kier alpha value is -0.890. The van der Waals surface area contributed by atoms with Crippen LogP contribution in [-0.4, -0.2) is 6.54 Å². The molecule has 2 saturated carbocycles. The van der Waals surface area contributed by atoms with Crippen molar-refractivity contribution in [2.75, 3.05) is 6.54 Å². The zero-order chi connectivity index (χ0) is 13.1. The molecule has 0 spiro atoms. The molecule has 1 N–H and O–H groups in total. The van der Waals surface area contributed by atoms with Crippen LogP contribution in [0.5, 0.6) is 0 Å². The van der Waals surface area contributed by atoms with Gasteiger partial charge < -0.3 is 5.32 Å². The summed E-state index contributed by atoms with van der Waals surface area (Å²) in [7, 11) is 0. The molecule has 2 fully saturated rings. The molecule has 0 heterocycles. The lowest BCUT2D eigenvalue weighted by atomic mass is 9.89. The van der Waals surface area contributed by atoms with E-state index in [2.05, 4.69) is 5.32 Å². The SMILES string of the molecule is Fc1ccc(C(NCC2CCCCC2)C2CC2)cc1. The van der Waals surface area contributed by atoms with Gasteiger partial charge in [-0.15, -0.1) is 0 Å². The van der Waals surface area contributed by atoms with E-state index in [9.17, 15) is 4.39 Å². The second-order valence-corrected chi connectivity index (χ2v) is 6.28. The summed E-state index contributed by atoms with van der Waals surface area (Å²) in [6, 6.07) is 7.53. The first-order chi connectivity index (χ1) is 9.33. The van der Waals surface area contributed by atoms with Crippen LogP contribution in [0.25, 0.3) is 0 Å². The molecule has 1 aromatic rings. The first-order valence-corrected chi connectivity index (χ1v) is 7.82. The zero-order valence-electron chi connectivity index (χ0n) is 11.6. The van der Waals surface area contributed by atoms with Crippen LogP contribution in [0.4, 0.5) is 4.39 Å². The van der Waals surface area contributed by atoms with E-state index in [4.69, 9.17) is 0 Å². The van der Waals surface area contributed by atoms with E-state index in [-0.39, 0.29) is 5.82 Å². The van der Waals surface area contributed by atoms with Crippen molar-refractivity contribution in [3.05, 3.63) is 35.6 Å². The normalized spacial score (nSPS) is 22.4. The van der Waals surface area contributed by atoms with E-state index in [0.29, 0.717) is 6.04 Å². The Morgan fingerprint density at radius 3 is 2.32 bits per heavy atom. The molecule has 0 amide bonds. The van der Waals surface area contributed by atoms with Gasteiger partial charge in [0.15, 0.2) is 0 Å². The fraction of sp³-hybridized carbons (Fsp3) is 0.647. The molecule has 2 aliphatic rings. The van der Waals surface area contributed by atoms with Crippen molar-refractivity contribution in [3.63, 3.8) is 0 Å². The van der Waals surface area contributed by atoms with Crippen LogP contribution in [0, 0.1) is 17.7 Å². The van der Waals surface area contributed by atoms with Crippen molar-refractivity contribution in [2.45, 2.75) is 51.0 Å². The van der Waals surface area contributed by atoms with Crippen molar-refractivity contribution in [3.8, 4) is 0 Å². The largest absolute Gasteiger partial charge is 0.309 e. The van der Waals surface area contributed by atoms with Crippen molar-refractivity contribution in [2.24, 2.45) is 11.8 Å². The summed E-state index contributed by atoms with van der Waals surface area (Å²) in [5.74, 6) is 1.50. The van der Waals surface area contributed by atoms with Gasteiger partial charge in [-0.1, -0.05) is 31.4 Å². The van der Waals surface area contributed by atoms with Gasteiger partial charge in [0, 0.05) is 6.04 Å². The second kappa shape index (κ2) is 6.04. The second-order valence-electron chi connectivity index (χ2n) is 6.28. The predicted octanol–water partition coefficient (Wildman–Crippen LogP) is 4.45. The minimum absolute atomic E-state index is 0.134. The molecule has 1 unspecified atom stereocenters. The monoisotopic (exact) mass is 261 g/mol. The lowest BCUT2D eigenvalue weighted by Gasteiger charge is -2.26. The van der Waals surface area contributed by atoms with Gasteiger partial charge in [0.2, 0.25) is 0 Å². The minimum atomic E-state index is -0.134. The van der Waals surface area contributed by atoms with Crippen LogP contribution in [0.2, 0.25) is 0 Å². The molecule has 2 heteroatoms. The number of benzene rings is 1. The third-order valence-electron chi connectivity index (χ3n) is 4.67. The highest BCUT2D eigenvalue weighted by molar-refractivity contribution is 5.22. The molecule has 0 bridgehead atoms. The molecule has 0 aromatic heterocycles. The molecular formula is C17H24FN. The Labute approximate surface area is 115 Å². The summed E-state index contributed by atoms with van der Waals surface area (Å²) in [5.41, 5.74) is 1.26. The quantitative estimate of drug-likeness (QED) is 0.826. The maximum Gasteiger partial charge on any atom is 0.123 e. The highest BCUT2D eigenvalue weighted by atomic mass is 19.1. The van der Waals surface area contributed by atoms with Crippen LogP contribution in [0.1, 0.15) is 56.6 Å². The van der Waals surface area contributed by atoms with Crippen molar-refractivity contribution < 1.29 is 4.39 Å². The van der Waals surface area contributed by atoms with Gasteiger partial charge in [-0.2, -0.15) is 0 Å². The molecule has 1 nitrogen and oxygen atoms in total. The fourth-order valence-electron chi connectivity index (χ4n) is 3.34. The highest BCUT2D eigenvalue weighted by Gasteiger charge is 2.32. The maximum atomic E-state index is 13.0. The molecule has 1 aromatic carbocycles. The number of hydrogen-bond acceptors (Lipinski definition) is 1. The highest BCUT2D eigenvalue weighted by Crippen LogP contribution is 2.41. The Balaban J connectivity index is 1.59. The molecule has 1 atom stereocenters. The summed E-state index contributed by atoms with van der Waals surface area (Å²) < 4.78 is 13.0. The van der Waals surface area contributed by atoms with E-state index < -0.39 is 0 Å². The topological polar surface area (TPSA) is 12.0 Å². The Kier molecular flexibility index (Phi) is 4.17. The number of hydrogen-bond donors (Lipinski definition) is 1. The van der Waals surface area contributed by atoms with Crippen molar-refractivity contribution in [1.82, 2.24) is 5.32 Å². The van der Waals surface area contributed by atoms with E-state index in [1.165, 1.54) is 50.5 Å². The van der Waals surface area contributed by atoms with Crippen LogP contribution in [0.3, 0.4) is 0 Å². The van der Waals surface area contributed by atoms with Crippen LogP contribution >= 0.6 is 0 Å². The summed E-state index contributed by atoms with van der Waals surface area (Å²) in [4.78, 5) is 0. The molecule has 0 aliphatic heterocycles. The zero-order valence-corrected chi connectivity index (χ0v) is 11.6. The van der Waals surface area contributed by atoms with E-state index in [1.54, 1.807) is 12.1 Å². The average molecular weight is 261 g/mol. The Morgan fingerprint density at radius 1 is 1.00 bits per heavy atom. The van der Waals surface area contributed by atoms with Gasteiger partial charge in [-0.05, 0) is 61.8 Å². The number of nitrogens with one attached hydrogen (secondary N) is 1. The van der Waals surface area contributed by atoms with Crippen molar-refractivity contribution >= 4 is 0 Å². The van der Waals surface area contributed by atoms with Gasteiger partial charge >= 0.3 is 0 Å². The van der Waals surface area contributed by atoms with Gasteiger partial charge in [-0.3, -0.25) is 0 Å². The summed E-state index contributed by atoms with van der Waals surface area (Å²) in [6.45, 7) is 1.14. The molecular weight excluding hydrogens is 237 g/mol. The molecule has 19 heavy (non-hydrogen) atoms. The van der Waals surface area contributed by atoms with Gasteiger partial charge in [0.1, 0.15) is 5.82 Å². The Morgan fingerprint density at radius 2 is 1.68 bits per heavy atom. The van der Waals surface area contributed by atoms with E-state index >= 15 is 0 Å². The first-order valence-electron chi connectivity index (χ1n) is 7.82. The van der Waals surface area contributed by atoms with Crippen LogP contribution < -0.4 is 5.32 Å². The lowest BCUT2D eigenvalue weighted by Crippen LogP contribution is -2.29. The number of halogens is 1. The smallest absolute Gasteiger partial charge is 0.123 e. The number of rotatable bonds is 5. The molecule has 3 rings (SSSR count). The molecule has 0 saturated heterocycles. The van der Waals surface area contributed by atoms with E-state index in [1.807, 2.05) is 12.1 Å². The van der Waals surface area contributed by atoms with Gasteiger partial charge in [0.05, 0.1) is 0 Å². The third-order valence-corrected chi connectivity index (χ3v) is 4.67. The first kappa shape index (κ1) is 13.1.